The van der Waals surface area contributed by atoms with E-state index in [9.17, 15) is 4.79 Å². The number of aryl methyl sites for hydroxylation is 1. The summed E-state index contributed by atoms with van der Waals surface area (Å²) in [5.74, 6) is 1.39. The van der Waals surface area contributed by atoms with Gasteiger partial charge in [0.1, 0.15) is 10.6 Å². The van der Waals surface area contributed by atoms with Gasteiger partial charge in [-0.15, -0.1) is 11.3 Å². The number of amides is 2. The molecule has 5 N–H and O–H groups in total. The third-order valence-corrected chi connectivity index (χ3v) is 3.71. The molecule has 0 bridgehead atoms. The molecule has 0 unspecified atom stereocenters. The Kier molecular flexibility index (Phi) is 5.15. The van der Waals surface area contributed by atoms with Crippen molar-refractivity contribution in [2.45, 2.75) is 20.3 Å². The number of urea groups is 1. The van der Waals surface area contributed by atoms with Crippen molar-refractivity contribution in [2.24, 2.45) is 5.73 Å². The third-order valence-electron chi connectivity index (χ3n) is 2.77. The second-order valence-electron chi connectivity index (χ2n) is 4.62. The van der Waals surface area contributed by atoms with Gasteiger partial charge in [-0.05, 0) is 19.4 Å². The quantitative estimate of drug-likeness (QED) is 0.585. The smallest absolute Gasteiger partial charge is 0.312 e. The van der Waals surface area contributed by atoms with Gasteiger partial charge < -0.3 is 21.7 Å². The molecule has 0 aliphatic rings. The standard InChI is InChI=1S/C13H20N6OS/c1-3-4-17-13-18-10(15-5-6-16-12(14)20)9-7-8(2)21-11(9)19-13/h7H,3-6H2,1-2H3,(H3,14,16,20)(H2,15,17,18,19). The normalized spacial score (nSPS) is 10.6. The number of nitrogens with zero attached hydrogens (tertiary/aromatic N) is 2. The Morgan fingerprint density at radius 1 is 1.29 bits per heavy atom. The molecule has 2 aromatic rings. The van der Waals surface area contributed by atoms with Crippen molar-refractivity contribution >= 4 is 39.4 Å². The molecule has 0 radical (unpaired) electrons. The molecule has 0 aliphatic heterocycles. The molecule has 0 atom stereocenters. The van der Waals surface area contributed by atoms with E-state index in [1.807, 2.05) is 6.92 Å². The number of primary amides is 1. The van der Waals surface area contributed by atoms with Crippen molar-refractivity contribution in [3.05, 3.63) is 10.9 Å². The van der Waals surface area contributed by atoms with Crippen LogP contribution in [0.15, 0.2) is 6.07 Å². The maximum absolute atomic E-state index is 10.6. The van der Waals surface area contributed by atoms with Crippen LogP contribution in [0.4, 0.5) is 16.6 Å². The number of hydrogen-bond acceptors (Lipinski definition) is 6. The Hall–Kier alpha value is -2.09. The van der Waals surface area contributed by atoms with Crippen LogP contribution in [-0.4, -0.2) is 35.6 Å². The molecule has 2 amide bonds. The van der Waals surface area contributed by atoms with E-state index in [0.717, 1.165) is 29.0 Å². The highest BCUT2D eigenvalue weighted by Gasteiger charge is 2.10. The van der Waals surface area contributed by atoms with Crippen molar-refractivity contribution < 1.29 is 4.79 Å². The van der Waals surface area contributed by atoms with E-state index in [1.165, 1.54) is 4.88 Å². The van der Waals surface area contributed by atoms with Crippen LogP contribution in [-0.2, 0) is 0 Å². The fourth-order valence-corrected chi connectivity index (χ4v) is 2.74. The first kappa shape index (κ1) is 15.3. The van der Waals surface area contributed by atoms with Crippen LogP contribution in [0.25, 0.3) is 10.2 Å². The Morgan fingerprint density at radius 2 is 2.10 bits per heavy atom. The zero-order chi connectivity index (χ0) is 15.2. The Balaban J connectivity index is 2.16. The highest BCUT2D eigenvalue weighted by atomic mass is 32.1. The molecule has 0 saturated carbocycles. The number of nitrogens with two attached hydrogens (primary N) is 1. The molecule has 2 aromatic heterocycles. The minimum Gasteiger partial charge on any atom is -0.368 e. The van der Waals surface area contributed by atoms with Crippen LogP contribution in [0.1, 0.15) is 18.2 Å². The minimum absolute atomic E-state index is 0.446. The lowest BCUT2D eigenvalue weighted by Crippen LogP contribution is -2.33. The van der Waals surface area contributed by atoms with E-state index >= 15 is 0 Å². The maximum Gasteiger partial charge on any atom is 0.312 e. The lowest BCUT2D eigenvalue weighted by molar-refractivity contribution is 0.249. The van der Waals surface area contributed by atoms with Gasteiger partial charge in [0, 0.05) is 24.5 Å². The minimum atomic E-state index is -0.527. The van der Waals surface area contributed by atoms with E-state index < -0.39 is 6.03 Å². The molecule has 8 heteroatoms. The first-order valence-corrected chi connectivity index (χ1v) is 7.71. The Bertz CT molecular complexity index is 626. The van der Waals surface area contributed by atoms with Crippen molar-refractivity contribution in [2.75, 3.05) is 30.3 Å². The van der Waals surface area contributed by atoms with Gasteiger partial charge in [0.2, 0.25) is 5.95 Å². The molecule has 2 rings (SSSR count). The average molecular weight is 308 g/mol. The Labute approximate surface area is 127 Å². The van der Waals surface area contributed by atoms with Crippen molar-refractivity contribution in [1.82, 2.24) is 15.3 Å². The number of rotatable bonds is 7. The monoisotopic (exact) mass is 308 g/mol. The number of thiophene rings is 1. The molecule has 2 heterocycles. The zero-order valence-electron chi connectivity index (χ0n) is 12.2. The van der Waals surface area contributed by atoms with Crippen LogP contribution < -0.4 is 21.7 Å². The predicted molar refractivity (Wildman–Crippen MR) is 87.0 cm³/mol. The number of carbonyl (C=O) groups excluding carboxylic acids is 1. The highest BCUT2D eigenvalue weighted by Crippen LogP contribution is 2.29. The van der Waals surface area contributed by atoms with E-state index in [4.69, 9.17) is 5.73 Å². The van der Waals surface area contributed by atoms with Crippen LogP contribution in [0.5, 0.6) is 0 Å². The van der Waals surface area contributed by atoms with E-state index in [1.54, 1.807) is 11.3 Å². The largest absolute Gasteiger partial charge is 0.368 e. The number of carbonyl (C=O) groups is 1. The SMILES string of the molecule is CCCNc1nc(NCCNC(N)=O)c2cc(C)sc2n1. The molecule has 0 aromatic carbocycles. The van der Waals surface area contributed by atoms with Crippen LogP contribution in [0, 0.1) is 6.92 Å². The van der Waals surface area contributed by atoms with E-state index in [0.29, 0.717) is 19.0 Å². The maximum atomic E-state index is 10.6. The summed E-state index contributed by atoms with van der Waals surface area (Å²) in [5, 5.41) is 9.95. The summed E-state index contributed by atoms with van der Waals surface area (Å²) in [7, 11) is 0. The number of nitrogens with one attached hydrogen (secondary N) is 3. The van der Waals surface area contributed by atoms with Gasteiger partial charge in [0.15, 0.2) is 0 Å². The van der Waals surface area contributed by atoms with Crippen LogP contribution in [0.3, 0.4) is 0 Å². The topological polar surface area (TPSA) is 105 Å². The molecule has 0 spiro atoms. The summed E-state index contributed by atoms with van der Waals surface area (Å²) in [6.45, 7) is 5.97. The molecule has 0 fully saturated rings. The van der Waals surface area contributed by atoms with Gasteiger partial charge in [-0.3, -0.25) is 0 Å². The van der Waals surface area contributed by atoms with E-state index in [-0.39, 0.29) is 0 Å². The first-order chi connectivity index (χ1) is 10.1. The number of fused-ring (bicyclic) bond motifs is 1. The lowest BCUT2D eigenvalue weighted by atomic mass is 10.3. The summed E-state index contributed by atoms with van der Waals surface area (Å²) in [6.07, 6.45) is 1.01. The summed E-state index contributed by atoms with van der Waals surface area (Å²) < 4.78 is 0. The van der Waals surface area contributed by atoms with Gasteiger partial charge in [-0.25, -0.2) is 9.78 Å². The number of anilines is 2. The summed E-state index contributed by atoms with van der Waals surface area (Å²) in [4.78, 5) is 21.8. The molecule has 0 saturated heterocycles. The van der Waals surface area contributed by atoms with Crippen molar-refractivity contribution in [1.29, 1.82) is 0 Å². The molecule has 7 nitrogen and oxygen atoms in total. The summed E-state index contributed by atoms with van der Waals surface area (Å²) in [5.41, 5.74) is 5.03. The van der Waals surface area contributed by atoms with Gasteiger partial charge in [-0.2, -0.15) is 4.98 Å². The third kappa shape index (κ3) is 4.19. The first-order valence-electron chi connectivity index (χ1n) is 6.89. The fourth-order valence-electron chi connectivity index (χ4n) is 1.86. The molecular formula is C13H20N6OS. The molecular weight excluding hydrogens is 288 g/mol. The van der Waals surface area contributed by atoms with Gasteiger partial charge in [0.05, 0.1) is 5.39 Å². The van der Waals surface area contributed by atoms with Crippen LogP contribution >= 0.6 is 11.3 Å². The second kappa shape index (κ2) is 7.07. The second-order valence-corrected chi connectivity index (χ2v) is 5.85. The van der Waals surface area contributed by atoms with Crippen molar-refractivity contribution in [3.63, 3.8) is 0 Å². The number of hydrogen-bond donors (Lipinski definition) is 4. The Morgan fingerprint density at radius 3 is 2.81 bits per heavy atom. The van der Waals surface area contributed by atoms with Gasteiger partial charge in [-0.1, -0.05) is 6.92 Å². The molecule has 0 aliphatic carbocycles. The lowest BCUT2D eigenvalue weighted by Gasteiger charge is -2.09. The van der Waals surface area contributed by atoms with Gasteiger partial charge in [0.25, 0.3) is 0 Å². The zero-order valence-corrected chi connectivity index (χ0v) is 13.0. The van der Waals surface area contributed by atoms with Crippen LogP contribution in [0.2, 0.25) is 0 Å². The van der Waals surface area contributed by atoms with Gasteiger partial charge >= 0.3 is 6.03 Å². The summed E-state index contributed by atoms with van der Waals surface area (Å²) in [6, 6.07) is 1.54. The number of aromatic nitrogens is 2. The fraction of sp³-hybridized carbons (Fsp3) is 0.462. The molecule has 114 valence electrons. The molecule has 21 heavy (non-hydrogen) atoms. The average Bonchev–Trinajstić information content (AvgIpc) is 2.81. The highest BCUT2D eigenvalue weighted by molar-refractivity contribution is 7.18. The summed E-state index contributed by atoms with van der Waals surface area (Å²) >= 11 is 1.64. The van der Waals surface area contributed by atoms with Crippen molar-refractivity contribution in [3.8, 4) is 0 Å². The predicted octanol–water partition coefficient (Wildman–Crippen LogP) is 1.90. The van der Waals surface area contributed by atoms with E-state index in [2.05, 4.69) is 38.9 Å².